The molecule has 9 nitrogen and oxygen atoms in total. The summed E-state index contributed by atoms with van der Waals surface area (Å²) in [5.41, 5.74) is 2.22. The molecule has 3 aromatic rings. The summed E-state index contributed by atoms with van der Waals surface area (Å²) in [5.74, 6) is 7.72. The van der Waals surface area contributed by atoms with E-state index in [4.69, 9.17) is 29.5 Å². The average molecular weight is 736 g/mol. The molecule has 0 unspecified atom stereocenters. The number of esters is 1. The lowest BCUT2D eigenvalue weighted by atomic mass is 9.89. The molecule has 2 N–H and O–H groups in total. The van der Waals surface area contributed by atoms with E-state index in [2.05, 4.69) is 58.8 Å². The van der Waals surface area contributed by atoms with Crippen molar-refractivity contribution in [2.75, 3.05) is 13.2 Å². The van der Waals surface area contributed by atoms with Crippen LogP contribution in [0.1, 0.15) is 92.0 Å². The van der Waals surface area contributed by atoms with Gasteiger partial charge in [0.1, 0.15) is 28.8 Å². The van der Waals surface area contributed by atoms with Crippen LogP contribution in [0, 0.1) is 44.0 Å². The Morgan fingerprint density at radius 3 is 2.57 bits per heavy atom. The summed E-state index contributed by atoms with van der Waals surface area (Å²) in [6.07, 6.45) is 6.60. The average Bonchev–Trinajstić information content (AvgIpc) is 3.40. The number of unbranched alkanes of at least 4 members (excludes halogenated alkanes) is 3. The molecular formula is C36H38IN3O6. The Morgan fingerprint density at radius 1 is 1.07 bits per heavy atom. The number of nitrogens with one attached hydrogen (secondary N) is 1. The highest BCUT2D eigenvalue weighted by atomic mass is 127. The van der Waals surface area contributed by atoms with E-state index < -0.39 is 5.97 Å². The molecule has 4 rings (SSSR count). The fourth-order valence-corrected chi connectivity index (χ4v) is 6.20. The van der Waals surface area contributed by atoms with Gasteiger partial charge in [-0.3, -0.25) is 4.79 Å². The number of halogens is 1. The Bertz CT molecular complexity index is 1680. The highest BCUT2D eigenvalue weighted by molar-refractivity contribution is 14.1. The standard InChI is InChI=1S/C36H38IN3O6/c1-24-10-12-27(13-11-24)45-36(43)34-29-23-28(14-15-31(29)46-32(34)9-5-7-17-39)44-35-26(8-4-2-3-6-16-38)20-25(21-30(35)37)22-33(42)40-18-19-41/h14-15,20-21,23-24,27,41H,2-3,5-7,9-13,18-19,22H2,1H3,(H,40,42). The molecule has 1 saturated carbocycles. The van der Waals surface area contributed by atoms with Crippen molar-refractivity contribution in [2.45, 2.75) is 83.7 Å². The third-order valence-electron chi connectivity index (χ3n) is 7.80. The third kappa shape index (κ3) is 9.72. The zero-order chi connectivity index (χ0) is 32.9. The number of carbonyl (C=O) groups is 2. The zero-order valence-corrected chi connectivity index (χ0v) is 28.2. The summed E-state index contributed by atoms with van der Waals surface area (Å²) in [7, 11) is 0. The maximum atomic E-state index is 13.6. The molecule has 1 amide bonds. The van der Waals surface area contributed by atoms with Crippen LogP contribution in [0.5, 0.6) is 11.5 Å². The van der Waals surface area contributed by atoms with Gasteiger partial charge in [-0.1, -0.05) is 18.8 Å². The van der Waals surface area contributed by atoms with Crippen molar-refractivity contribution in [1.82, 2.24) is 5.32 Å². The molecule has 0 bridgehead atoms. The van der Waals surface area contributed by atoms with Gasteiger partial charge in [0.2, 0.25) is 5.91 Å². The summed E-state index contributed by atoms with van der Waals surface area (Å²) < 4.78 is 19.3. The summed E-state index contributed by atoms with van der Waals surface area (Å²) in [6, 6.07) is 13.2. The number of furan rings is 1. The number of aliphatic hydroxyl groups excluding tert-OH is 1. The van der Waals surface area contributed by atoms with E-state index in [1.807, 2.05) is 12.1 Å². The summed E-state index contributed by atoms with van der Waals surface area (Å²) in [6.45, 7) is 2.25. The molecule has 0 aliphatic heterocycles. The number of carbonyl (C=O) groups excluding carboxylic acids is 2. The lowest BCUT2D eigenvalue weighted by Crippen LogP contribution is -2.27. The number of nitrogens with zero attached hydrogens (tertiary/aromatic N) is 2. The molecule has 0 spiro atoms. The molecule has 1 aromatic heterocycles. The van der Waals surface area contributed by atoms with Crippen molar-refractivity contribution in [1.29, 1.82) is 10.5 Å². The maximum absolute atomic E-state index is 13.6. The minimum atomic E-state index is -0.426. The first-order chi connectivity index (χ1) is 22.3. The van der Waals surface area contributed by atoms with Crippen molar-refractivity contribution in [3.63, 3.8) is 0 Å². The molecule has 10 heteroatoms. The Morgan fingerprint density at radius 2 is 1.83 bits per heavy atom. The molecule has 1 aliphatic carbocycles. The van der Waals surface area contributed by atoms with Crippen molar-refractivity contribution >= 4 is 45.4 Å². The van der Waals surface area contributed by atoms with E-state index in [0.29, 0.717) is 83.8 Å². The van der Waals surface area contributed by atoms with Gasteiger partial charge >= 0.3 is 5.97 Å². The lowest BCUT2D eigenvalue weighted by molar-refractivity contribution is -0.120. The van der Waals surface area contributed by atoms with Crippen LogP contribution in [0.3, 0.4) is 0 Å². The predicted molar refractivity (Wildman–Crippen MR) is 181 cm³/mol. The van der Waals surface area contributed by atoms with Crippen LogP contribution in [0.25, 0.3) is 11.0 Å². The predicted octanol–water partition coefficient (Wildman–Crippen LogP) is 7.11. The number of ether oxygens (including phenoxy) is 2. The lowest BCUT2D eigenvalue weighted by Gasteiger charge is -2.26. The van der Waals surface area contributed by atoms with Crippen LogP contribution in [-0.4, -0.2) is 36.2 Å². The van der Waals surface area contributed by atoms with E-state index in [9.17, 15) is 9.59 Å². The first-order valence-electron chi connectivity index (χ1n) is 15.7. The second-order valence-electron chi connectivity index (χ2n) is 11.5. The van der Waals surface area contributed by atoms with Crippen LogP contribution < -0.4 is 10.1 Å². The molecule has 46 heavy (non-hydrogen) atoms. The van der Waals surface area contributed by atoms with Gasteiger partial charge in [0.05, 0.1) is 34.3 Å². The van der Waals surface area contributed by atoms with Crippen LogP contribution in [0.15, 0.2) is 34.7 Å². The molecular weight excluding hydrogens is 697 g/mol. The number of aryl methyl sites for hydroxylation is 1. The normalized spacial score (nSPS) is 15.7. The molecule has 0 saturated heterocycles. The topological polar surface area (TPSA) is 146 Å². The largest absolute Gasteiger partial charge is 0.460 e. The summed E-state index contributed by atoms with van der Waals surface area (Å²) >= 11 is 2.15. The molecule has 0 atom stereocenters. The number of hydrogen-bond acceptors (Lipinski definition) is 8. The van der Waals surface area contributed by atoms with Gasteiger partial charge in [0.15, 0.2) is 5.75 Å². The number of nitriles is 2. The monoisotopic (exact) mass is 735 g/mol. The molecule has 1 fully saturated rings. The first-order valence-corrected chi connectivity index (χ1v) is 16.8. The fraction of sp³-hybridized carbons (Fsp3) is 0.444. The van der Waals surface area contributed by atoms with Gasteiger partial charge in [-0.2, -0.15) is 10.5 Å². The Hall–Kier alpha value is -4.05. The van der Waals surface area contributed by atoms with Gasteiger partial charge in [-0.05, 0) is 103 Å². The number of benzene rings is 2. The van der Waals surface area contributed by atoms with Crippen molar-refractivity contribution < 1.29 is 28.6 Å². The molecule has 0 radical (unpaired) electrons. The van der Waals surface area contributed by atoms with E-state index >= 15 is 0 Å². The van der Waals surface area contributed by atoms with E-state index in [0.717, 1.165) is 34.8 Å². The van der Waals surface area contributed by atoms with Gasteiger partial charge in [-0.25, -0.2) is 4.79 Å². The summed E-state index contributed by atoms with van der Waals surface area (Å²) in [5, 5.41) is 30.2. The van der Waals surface area contributed by atoms with Crippen molar-refractivity contribution in [2.24, 2.45) is 5.92 Å². The van der Waals surface area contributed by atoms with Crippen molar-refractivity contribution in [3.8, 4) is 35.5 Å². The zero-order valence-electron chi connectivity index (χ0n) is 26.0. The summed E-state index contributed by atoms with van der Waals surface area (Å²) in [4.78, 5) is 26.0. The second-order valence-corrected chi connectivity index (χ2v) is 12.6. The Labute approximate surface area is 283 Å². The van der Waals surface area contributed by atoms with Crippen LogP contribution in [-0.2, 0) is 22.4 Å². The quantitative estimate of drug-likeness (QED) is 0.0818. The highest BCUT2D eigenvalue weighted by Gasteiger charge is 2.27. The third-order valence-corrected chi connectivity index (χ3v) is 8.60. The molecule has 2 aromatic carbocycles. The second kappa shape index (κ2) is 17.6. The number of rotatable bonds is 13. The Balaban J connectivity index is 1.67. The van der Waals surface area contributed by atoms with Crippen LogP contribution in [0.2, 0.25) is 0 Å². The number of fused-ring (bicyclic) bond motifs is 1. The SMILES string of the molecule is CC1CCC(OC(=O)c2c(CCCC#N)oc3ccc(Oc4c(I)cc(CC(=O)NCCO)cc4C#CCCCC#N)cc23)CC1. The van der Waals surface area contributed by atoms with Gasteiger partial charge in [-0.15, -0.1) is 0 Å². The fourth-order valence-electron chi connectivity index (χ4n) is 5.40. The van der Waals surface area contributed by atoms with E-state index in [-0.39, 0.29) is 31.6 Å². The first kappa shape index (κ1) is 34.8. The van der Waals surface area contributed by atoms with E-state index in [1.54, 1.807) is 18.2 Å². The highest BCUT2D eigenvalue weighted by Crippen LogP contribution is 2.37. The van der Waals surface area contributed by atoms with Crippen LogP contribution in [0.4, 0.5) is 0 Å². The number of amides is 1. The minimum absolute atomic E-state index is 0.111. The minimum Gasteiger partial charge on any atom is -0.460 e. The molecule has 1 heterocycles. The molecule has 240 valence electrons. The van der Waals surface area contributed by atoms with Crippen molar-refractivity contribution in [3.05, 3.63) is 56.4 Å². The maximum Gasteiger partial charge on any atom is 0.342 e. The van der Waals surface area contributed by atoms with Gasteiger partial charge < -0.3 is 24.3 Å². The Kier molecular flexibility index (Phi) is 13.3. The molecule has 1 aliphatic rings. The van der Waals surface area contributed by atoms with Gasteiger partial charge in [0.25, 0.3) is 0 Å². The van der Waals surface area contributed by atoms with E-state index in [1.165, 1.54) is 0 Å². The number of hydrogen-bond donors (Lipinski definition) is 2. The van der Waals surface area contributed by atoms with Crippen LogP contribution >= 0.6 is 22.6 Å². The smallest absolute Gasteiger partial charge is 0.342 e. The van der Waals surface area contributed by atoms with Gasteiger partial charge in [0, 0.05) is 37.6 Å². The number of aliphatic hydroxyl groups is 1.